The number of ether oxygens (including phenoxy) is 1. The standard InChI is InChI=1S/C14H19NO2/c1-3-12(17-2)14(16)11-8-4-6-10-7-5-9-15-13(10)11/h5,7,9,11-12H,3-4,6,8H2,1-2H3. The van der Waals surface area contributed by atoms with Gasteiger partial charge in [-0.1, -0.05) is 13.0 Å². The number of hydrogen-bond donors (Lipinski definition) is 0. The van der Waals surface area contributed by atoms with Crippen molar-refractivity contribution in [3.63, 3.8) is 0 Å². The number of carbonyl (C=O) groups excluding carboxylic acids is 1. The third kappa shape index (κ3) is 2.39. The molecule has 0 saturated carbocycles. The van der Waals surface area contributed by atoms with Crippen molar-refractivity contribution in [2.75, 3.05) is 7.11 Å². The summed E-state index contributed by atoms with van der Waals surface area (Å²) in [5, 5.41) is 0. The molecule has 0 aromatic carbocycles. The van der Waals surface area contributed by atoms with E-state index in [0.29, 0.717) is 0 Å². The summed E-state index contributed by atoms with van der Waals surface area (Å²) >= 11 is 0. The van der Waals surface area contributed by atoms with E-state index in [1.54, 1.807) is 13.3 Å². The Bertz CT molecular complexity index is 399. The maximum absolute atomic E-state index is 12.4. The highest BCUT2D eigenvalue weighted by Crippen LogP contribution is 2.31. The lowest BCUT2D eigenvalue weighted by atomic mass is 9.82. The number of carbonyl (C=O) groups is 1. The van der Waals surface area contributed by atoms with Crippen LogP contribution in [0.1, 0.15) is 43.4 Å². The van der Waals surface area contributed by atoms with Gasteiger partial charge in [0.05, 0.1) is 11.6 Å². The second-order valence-corrected chi connectivity index (χ2v) is 4.53. The van der Waals surface area contributed by atoms with Gasteiger partial charge in [-0.05, 0) is 37.3 Å². The first-order valence-electron chi connectivity index (χ1n) is 6.28. The molecule has 0 spiro atoms. The number of nitrogens with zero attached hydrogens (tertiary/aromatic N) is 1. The molecule has 2 rings (SSSR count). The van der Waals surface area contributed by atoms with Crippen molar-refractivity contribution in [2.45, 2.75) is 44.6 Å². The number of rotatable bonds is 4. The van der Waals surface area contributed by atoms with Gasteiger partial charge in [-0.15, -0.1) is 0 Å². The Morgan fingerprint density at radius 2 is 2.47 bits per heavy atom. The molecule has 1 aromatic rings. The second-order valence-electron chi connectivity index (χ2n) is 4.53. The van der Waals surface area contributed by atoms with E-state index < -0.39 is 0 Å². The second kappa shape index (κ2) is 5.41. The number of aromatic nitrogens is 1. The normalized spacial score (nSPS) is 20.7. The molecule has 0 fully saturated rings. The predicted molar refractivity (Wildman–Crippen MR) is 66.0 cm³/mol. The highest BCUT2D eigenvalue weighted by atomic mass is 16.5. The van der Waals surface area contributed by atoms with Gasteiger partial charge in [-0.25, -0.2) is 0 Å². The molecule has 0 aliphatic heterocycles. The Labute approximate surface area is 102 Å². The SMILES string of the molecule is CCC(OC)C(=O)C1CCCc2cccnc21. The summed E-state index contributed by atoms with van der Waals surface area (Å²) in [4.78, 5) is 16.8. The Kier molecular flexibility index (Phi) is 3.89. The van der Waals surface area contributed by atoms with Crippen LogP contribution in [0.5, 0.6) is 0 Å². The number of aryl methyl sites for hydroxylation is 1. The first-order chi connectivity index (χ1) is 8.27. The van der Waals surface area contributed by atoms with Gasteiger partial charge >= 0.3 is 0 Å². The van der Waals surface area contributed by atoms with Crippen LogP contribution in [0.2, 0.25) is 0 Å². The Balaban J connectivity index is 2.26. The lowest BCUT2D eigenvalue weighted by Crippen LogP contribution is -2.30. The number of methoxy groups -OCH3 is 1. The van der Waals surface area contributed by atoms with E-state index >= 15 is 0 Å². The van der Waals surface area contributed by atoms with Crippen LogP contribution in [0.3, 0.4) is 0 Å². The average Bonchev–Trinajstić information content (AvgIpc) is 2.39. The molecule has 92 valence electrons. The molecule has 0 saturated heterocycles. The molecule has 1 heterocycles. The van der Waals surface area contributed by atoms with Gasteiger partial charge in [0.1, 0.15) is 6.10 Å². The van der Waals surface area contributed by atoms with Crippen molar-refractivity contribution in [1.29, 1.82) is 0 Å². The van der Waals surface area contributed by atoms with Crippen molar-refractivity contribution in [3.8, 4) is 0 Å². The summed E-state index contributed by atoms with van der Waals surface area (Å²) in [6.07, 6.45) is 5.23. The van der Waals surface area contributed by atoms with Crippen molar-refractivity contribution in [1.82, 2.24) is 4.98 Å². The van der Waals surface area contributed by atoms with Crippen molar-refractivity contribution in [3.05, 3.63) is 29.6 Å². The molecule has 17 heavy (non-hydrogen) atoms. The van der Waals surface area contributed by atoms with Crippen LogP contribution in [-0.4, -0.2) is 24.0 Å². The zero-order valence-corrected chi connectivity index (χ0v) is 10.5. The molecular weight excluding hydrogens is 214 g/mol. The maximum Gasteiger partial charge on any atom is 0.170 e. The highest BCUT2D eigenvalue weighted by molar-refractivity contribution is 5.89. The third-order valence-electron chi connectivity index (χ3n) is 3.51. The molecule has 3 heteroatoms. The molecule has 0 bridgehead atoms. The van der Waals surface area contributed by atoms with Gasteiger partial charge in [-0.2, -0.15) is 0 Å². The van der Waals surface area contributed by atoms with Gasteiger partial charge in [0.15, 0.2) is 5.78 Å². The minimum Gasteiger partial charge on any atom is -0.374 e. The van der Waals surface area contributed by atoms with E-state index in [9.17, 15) is 4.79 Å². The zero-order chi connectivity index (χ0) is 12.3. The number of fused-ring (bicyclic) bond motifs is 1. The van der Waals surface area contributed by atoms with Crippen LogP contribution in [0.15, 0.2) is 18.3 Å². The number of Topliss-reactive ketones (excluding diaryl/α,β-unsaturated/α-hetero) is 1. The monoisotopic (exact) mass is 233 g/mol. The summed E-state index contributed by atoms with van der Waals surface area (Å²) in [5.41, 5.74) is 2.20. The maximum atomic E-state index is 12.4. The molecule has 2 atom stereocenters. The molecule has 0 amide bonds. The molecule has 1 aromatic heterocycles. The van der Waals surface area contributed by atoms with Crippen LogP contribution in [0.25, 0.3) is 0 Å². The Morgan fingerprint density at radius 3 is 3.18 bits per heavy atom. The van der Waals surface area contributed by atoms with Gasteiger partial charge in [0, 0.05) is 13.3 Å². The van der Waals surface area contributed by atoms with Crippen molar-refractivity contribution < 1.29 is 9.53 Å². The van der Waals surface area contributed by atoms with Gasteiger partial charge in [-0.3, -0.25) is 9.78 Å². The van der Waals surface area contributed by atoms with Crippen LogP contribution >= 0.6 is 0 Å². The summed E-state index contributed by atoms with van der Waals surface area (Å²) in [6, 6.07) is 4.02. The lowest BCUT2D eigenvalue weighted by molar-refractivity contribution is -0.130. The fourth-order valence-corrected chi connectivity index (χ4v) is 2.59. The van der Waals surface area contributed by atoms with E-state index in [-0.39, 0.29) is 17.8 Å². The minimum absolute atomic E-state index is 0.0650. The minimum atomic E-state index is -0.284. The number of hydrogen-bond acceptors (Lipinski definition) is 3. The molecule has 0 radical (unpaired) electrons. The first-order valence-corrected chi connectivity index (χ1v) is 6.28. The highest BCUT2D eigenvalue weighted by Gasteiger charge is 2.31. The van der Waals surface area contributed by atoms with Gasteiger partial charge < -0.3 is 4.74 Å². The molecule has 2 unspecified atom stereocenters. The van der Waals surface area contributed by atoms with Crippen LogP contribution in [0, 0.1) is 0 Å². The van der Waals surface area contributed by atoms with Gasteiger partial charge in [0.25, 0.3) is 0 Å². The summed E-state index contributed by atoms with van der Waals surface area (Å²) in [5.74, 6) is 0.125. The summed E-state index contributed by atoms with van der Waals surface area (Å²) in [7, 11) is 1.61. The van der Waals surface area contributed by atoms with Gasteiger partial charge in [0.2, 0.25) is 0 Å². The van der Waals surface area contributed by atoms with Crippen LogP contribution < -0.4 is 0 Å². The summed E-state index contributed by atoms with van der Waals surface area (Å²) in [6.45, 7) is 1.98. The third-order valence-corrected chi connectivity index (χ3v) is 3.51. The number of pyridine rings is 1. The van der Waals surface area contributed by atoms with E-state index in [2.05, 4.69) is 11.1 Å². The predicted octanol–water partition coefficient (Wildman–Crippen LogP) is 2.50. The first kappa shape index (κ1) is 12.2. The van der Waals surface area contributed by atoms with Crippen molar-refractivity contribution in [2.24, 2.45) is 0 Å². The molecule has 0 N–H and O–H groups in total. The van der Waals surface area contributed by atoms with E-state index in [0.717, 1.165) is 31.4 Å². The average molecular weight is 233 g/mol. The zero-order valence-electron chi connectivity index (χ0n) is 10.5. The smallest absolute Gasteiger partial charge is 0.170 e. The fourth-order valence-electron chi connectivity index (χ4n) is 2.59. The van der Waals surface area contributed by atoms with Crippen molar-refractivity contribution >= 4 is 5.78 Å². The van der Waals surface area contributed by atoms with E-state index in [1.807, 2.05) is 13.0 Å². The largest absolute Gasteiger partial charge is 0.374 e. The topological polar surface area (TPSA) is 39.2 Å². The quantitative estimate of drug-likeness (QED) is 0.802. The number of ketones is 1. The fraction of sp³-hybridized carbons (Fsp3) is 0.571. The molecular formula is C14H19NO2. The van der Waals surface area contributed by atoms with Crippen LogP contribution in [0.4, 0.5) is 0 Å². The Hall–Kier alpha value is -1.22. The summed E-state index contributed by atoms with van der Waals surface area (Å²) < 4.78 is 5.25. The molecule has 1 aliphatic carbocycles. The Morgan fingerprint density at radius 1 is 1.65 bits per heavy atom. The molecule has 3 nitrogen and oxygen atoms in total. The lowest BCUT2D eigenvalue weighted by Gasteiger charge is -2.25. The van der Waals surface area contributed by atoms with E-state index in [1.165, 1.54) is 5.56 Å². The van der Waals surface area contributed by atoms with E-state index in [4.69, 9.17) is 4.74 Å². The van der Waals surface area contributed by atoms with Crippen LogP contribution in [-0.2, 0) is 16.0 Å². The molecule has 1 aliphatic rings.